The molecule has 1 heterocycles. The van der Waals surface area contributed by atoms with Crippen molar-refractivity contribution in [3.63, 3.8) is 0 Å². The predicted octanol–water partition coefficient (Wildman–Crippen LogP) is 2.32. The summed E-state index contributed by atoms with van der Waals surface area (Å²) in [6, 6.07) is 9.86. The molecule has 19 heavy (non-hydrogen) atoms. The number of hydrogen-bond donors (Lipinski definition) is 1. The topological polar surface area (TPSA) is 39.1 Å². The third-order valence-corrected chi connectivity index (χ3v) is 3.09. The molecule has 0 unspecified atom stereocenters. The monoisotopic (exact) mass is 279 g/mol. The van der Waals surface area contributed by atoms with Crippen LogP contribution in [-0.2, 0) is 17.8 Å². The second kappa shape index (κ2) is 7.28. The number of halogens is 1. The molecule has 0 saturated heterocycles. The van der Waals surface area contributed by atoms with Crippen molar-refractivity contribution in [2.45, 2.75) is 13.1 Å². The minimum atomic E-state index is 0.714. The van der Waals surface area contributed by atoms with Crippen LogP contribution < -0.4 is 5.32 Å². The standard InChI is InChI=1S/C14H18ClN3O/c1-19-9-8-16-10-14-6-7-17-18(14)11-12-2-4-13(15)5-3-12/h2-7,16H,8-11H2,1H3. The summed E-state index contributed by atoms with van der Waals surface area (Å²) < 4.78 is 6.99. The van der Waals surface area contributed by atoms with E-state index in [9.17, 15) is 0 Å². The van der Waals surface area contributed by atoms with Gasteiger partial charge in [0.1, 0.15) is 0 Å². The molecule has 1 N–H and O–H groups in total. The highest BCUT2D eigenvalue weighted by molar-refractivity contribution is 6.30. The van der Waals surface area contributed by atoms with Crippen molar-refractivity contribution >= 4 is 11.6 Å². The first-order valence-corrected chi connectivity index (χ1v) is 6.62. The molecular formula is C14H18ClN3O. The van der Waals surface area contributed by atoms with E-state index in [2.05, 4.69) is 10.4 Å². The van der Waals surface area contributed by atoms with Crippen molar-refractivity contribution in [1.82, 2.24) is 15.1 Å². The fraction of sp³-hybridized carbons (Fsp3) is 0.357. The Hall–Kier alpha value is -1.36. The summed E-state index contributed by atoms with van der Waals surface area (Å²) in [6.45, 7) is 3.09. The van der Waals surface area contributed by atoms with E-state index < -0.39 is 0 Å². The van der Waals surface area contributed by atoms with Gasteiger partial charge in [-0.2, -0.15) is 5.10 Å². The predicted molar refractivity (Wildman–Crippen MR) is 76.4 cm³/mol. The molecule has 0 spiro atoms. The fourth-order valence-electron chi connectivity index (χ4n) is 1.81. The van der Waals surface area contributed by atoms with E-state index in [4.69, 9.17) is 16.3 Å². The minimum absolute atomic E-state index is 0.714. The van der Waals surface area contributed by atoms with Crippen LogP contribution in [0.1, 0.15) is 11.3 Å². The lowest BCUT2D eigenvalue weighted by Crippen LogP contribution is -2.21. The van der Waals surface area contributed by atoms with Crippen molar-refractivity contribution in [1.29, 1.82) is 0 Å². The fourth-order valence-corrected chi connectivity index (χ4v) is 1.93. The Labute approximate surface area is 118 Å². The first-order valence-electron chi connectivity index (χ1n) is 6.24. The van der Waals surface area contributed by atoms with Crippen LogP contribution >= 0.6 is 11.6 Å². The van der Waals surface area contributed by atoms with Gasteiger partial charge < -0.3 is 10.1 Å². The van der Waals surface area contributed by atoms with Gasteiger partial charge in [-0.05, 0) is 23.8 Å². The van der Waals surface area contributed by atoms with E-state index in [1.165, 1.54) is 5.56 Å². The summed E-state index contributed by atoms with van der Waals surface area (Å²) in [5, 5.41) is 8.42. The SMILES string of the molecule is COCCNCc1ccnn1Cc1ccc(Cl)cc1. The molecule has 0 amide bonds. The number of benzene rings is 1. The maximum absolute atomic E-state index is 5.88. The molecule has 0 saturated carbocycles. The van der Waals surface area contributed by atoms with Crippen LogP contribution in [0.3, 0.4) is 0 Å². The Bertz CT molecular complexity index is 496. The van der Waals surface area contributed by atoms with E-state index in [0.29, 0.717) is 6.61 Å². The average molecular weight is 280 g/mol. The van der Waals surface area contributed by atoms with E-state index in [1.54, 1.807) is 7.11 Å². The molecule has 0 aliphatic carbocycles. The van der Waals surface area contributed by atoms with Crippen molar-refractivity contribution < 1.29 is 4.74 Å². The van der Waals surface area contributed by atoms with Gasteiger partial charge in [-0.25, -0.2) is 0 Å². The number of rotatable bonds is 7. The normalized spacial score (nSPS) is 10.8. The average Bonchev–Trinajstić information content (AvgIpc) is 2.85. The maximum atomic E-state index is 5.88. The van der Waals surface area contributed by atoms with Crippen molar-refractivity contribution in [2.75, 3.05) is 20.3 Å². The molecular weight excluding hydrogens is 262 g/mol. The number of aromatic nitrogens is 2. The summed E-state index contributed by atoms with van der Waals surface area (Å²) >= 11 is 5.88. The van der Waals surface area contributed by atoms with Gasteiger partial charge in [-0.15, -0.1) is 0 Å². The van der Waals surface area contributed by atoms with E-state index in [1.807, 2.05) is 41.2 Å². The van der Waals surface area contributed by atoms with Crippen molar-refractivity contribution in [3.05, 3.63) is 52.8 Å². The minimum Gasteiger partial charge on any atom is -0.383 e. The molecule has 5 heteroatoms. The summed E-state index contributed by atoms with van der Waals surface area (Å²) in [4.78, 5) is 0. The largest absolute Gasteiger partial charge is 0.383 e. The molecule has 2 rings (SSSR count). The molecule has 1 aromatic carbocycles. The van der Waals surface area contributed by atoms with E-state index in [0.717, 1.165) is 30.4 Å². The Kier molecular flexibility index (Phi) is 5.39. The van der Waals surface area contributed by atoms with E-state index in [-0.39, 0.29) is 0 Å². The van der Waals surface area contributed by atoms with Gasteiger partial charge in [0.2, 0.25) is 0 Å². The summed E-state index contributed by atoms with van der Waals surface area (Å²) in [7, 11) is 1.70. The van der Waals surface area contributed by atoms with Crippen LogP contribution in [0.15, 0.2) is 36.5 Å². The van der Waals surface area contributed by atoms with Gasteiger partial charge in [-0.1, -0.05) is 23.7 Å². The van der Waals surface area contributed by atoms with Gasteiger partial charge in [0.25, 0.3) is 0 Å². The Morgan fingerprint density at radius 1 is 1.26 bits per heavy atom. The summed E-state index contributed by atoms with van der Waals surface area (Å²) in [5.41, 5.74) is 2.34. The Morgan fingerprint density at radius 2 is 2.05 bits per heavy atom. The van der Waals surface area contributed by atoms with Gasteiger partial charge in [-0.3, -0.25) is 4.68 Å². The van der Waals surface area contributed by atoms with E-state index >= 15 is 0 Å². The molecule has 1 aromatic heterocycles. The van der Waals surface area contributed by atoms with Crippen LogP contribution in [-0.4, -0.2) is 30.0 Å². The third kappa shape index (κ3) is 4.35. The zero-order chi connectivity index (χ0) is 13.5. The van der Waals surface area contributed by atoms with Crippen LogP contribution in [0.5, 0.6) is 0 Å². The lowest BCUT2D eigenvalue weighted by Gasteiger charge is -2.09. The van der Waals surface area contributed by atoms with Gasteiger partial charge in [0.15, 0.2) is 0 Å². The molecule has 102 valence electrons. The smallest absolute Gasteiger partial charge is 0.0663 e. The lowest BCUT2D eigenvalue weighted by molar-refractivity contribution is 0.199. The van der Waals surface area contributed by atoms with Gasteiger partial charge >= 0.3 is 0 Å². The van der Waals surface area contributed by atoms with Crippen LogP contribution in [0, 0.1) is 0 Å². The number of hydrogen-bond acceptors (Lipinski definition) is 3. The second-order valence-electron chi connectivity index (χ2n) is 4.28. The Balaban J connectivity index is 1.93. The highest BCUT2D eigenvalue weighted by Crippen LogP contribution is 2.11. The summed E-state index contributed by atoms with van der Waals surface area (Å²) in [6.07, 6.45) is 1.82. The molecule has 0 aliphatic heterocycles. The van der Waals surface area contributed by atoms with Crippen LogP contribution in [0.25, 0.3) is 0 Å². The quantitative estimate of drug-likeness (QED) is 0.791. The number of nitrogens with zero attached hydrogens (tertiary/aromatic N) is 2. The first-order chi connectivity index (χ1) is 9.29. The van der Waals surface area contributed by atoms with Crippen molar-refractivity contribution in [2.24, 2.45) is 0 Å². The zero-order valence-corrected chi connectivity index (χ0v) is 11.7. The van der Waals surface area contributed by atoms with Gasteiger partial charge in [0, 0.05) is 31.4 Å². The molecule has 4 nitrogen and oxygen atoms in total. The summed E-state index contributed by atoms with van der Waals surface area (Å²) in [5.74, 6) is 0. The van der Waals surface area contributed by atoms with Crippen LogP contribution in [0.2, 0.25) is 5.02 Å². The molecule has 0 bridgehead atoms. The zero-order valence-electron chi connectivity index (χ0n) is 11.0. The maximum Gasteiger partial charge on any atom is 0.0663 e. The number of nitrogens with one attached hydrogen (secondary N) is 1. The molecule has 0 radical (unpaired) electrons. The highest BCUT2D eigenvalue weighted by Gasteiger charge is 2.03. The Morgan fingerprint density at radius 3 is 2.79 bits per heavy atom. The molecule has 0 aliphatic rings. The number of ether oxygens (including phenoxy) is 1. The second-order valence-corrected chi connectivity index (χ2v) is 4.71. The van der Waals surface area contributed by atoms with Gasteiger partial charge in [0.05, 0.1) is 18.8 Å². The number of methoxy groups -OCH3 is 1. The van der Waals surface area contributed by atoms with Crippen LogP contribution in [0.4, 0.5) is 0 Å². The van der Waals surface area contributed by atoms with Crippen molar-refractivity contribution in [3.8, 4) is 0 Å². The molecule has 0 fully saturated rings. The lowest BCUT2D eigenvalue weighted by atomic mass is 10.2. The third-order valence-electron chi connectivity index (χ3n) is 2.84. The highest BCUT2D eigenvalue weighted by atomic mass is 35.5. The molecule has 2 aromatic rings. The molecule has 0 atom stereocenters. The first kappa shape index (κ1) is 14.1.